The largest absolute Gasteiger partial charge is 0.508 e. The van der Waals surface area contributed by atoms with Crippen molar-refractivity contribution in [1.29, 1.82) is 0 Å². The van der Waals surface area contributed by atoms with Crippen molar-refractivity contribution < 1.29 is 24.5 Å². The van der Waals surface area contributed by atoms with Gasteiger partial charge < -0.3 is 19.8 Å². The molecule has 0 bridgehead atoms. The number of ketones is 1. The van der Waals surface area contributed by atoms with E-state index >= 15 is 0 Å². The minimum absolute atomic E-state index is 0.00487. The Balaban J connectivity index is 1.51. The summed E-state index contributed by atoms with van der Waals surface area (Å²) in [5.74, 6) is -0.906. The molecule has 1 unspecified atom stereocenters. The molecule has 0 saturated carbocycles. The van der Waals surface area contributed by atoms with Crippen LogP contribution in [0.4, 0.5) is 0 Å². The lowest BCUT2D eigenvalue weighted by molar-refractivity contribution is -0.130. The molecule has 204 valence electrons. The van der Waals surface area contributed by atoms with E-state index in [-0.39, 0.29) is 23.5 Å². The van der Waals surface area contributed by atoms with Gasteiger partial charge in [0.15, 0.2) is 5.76 Å². The molecule has 0 saturated heterocycles. The predicted molar refractivity (Wildman–Crippen MR) is 154 cm³/mol. The number of carbonyl (C=O) groups is 2. The molecule has 1 atom stereocenters. The van der Waals surface area contributed by atoms with Crippen LogP contribution in [-0.2, 0) is 11.3 Å². The molecule has 40 heavy (non-hydrogen) atoms. The van der Waals surface area contributed by atoms with E-state index in [1.54, 1.807) is 19.1 Å². The van der Waals surface area contributed by atoms with Crippen LogP contribution < -0.4 is 4.74 Å². The number of aromatic hydroxyl groups is 1. The van der Waals surface area contributed by atoms with Crippen molar-refractivity contribution in [3.63, 3.8) is 0 Å². The number of ether oxygens (including phenoxy) is 1. The third kappa shape index (κ3) is 5.49. The first-order valence-corrected chi connectivity index (χ1v) is 13.7. The van der Waals surface area contributed by atoms with Crippen molar-refractivity contribution >= 4 is 23.0 Å². The SMILES string of the molecule is Cc1nc(-c2ccccc2)sc1C(=O)C1=C(O)C(=O)N(Cc2ccc(OC(C)(C)C)cc2)C1c1ccc(O)cc1. The number of amides is 1. The van der Waals surface area contributed by atoms with Crippen molar-refractivity contribution in [2.24, 2.45) is 0 Å². The Morgan fingerprint density at radius 1 is 0.975 bits per heavy atom. The summed E-state index contributed by atoms with van der Waals surface area (Å²) in [5, 5.41) is 21.7. The molecule has 3 aromatic carbocycles. The lowest BCUT2D eigenvalue weighted by Gasteiger charge is -2.27. The van der Waals surface area contributed by atoms with Crippen LogP contribution in [0.15, 0.2) is 90.2 Å². The molecule has 1 aliphatic rings. The van der Waals surface area contributed by atoms with Crippen LogP contribution in [0.1, 0.15) is 53.3 Å². The molecule has 1 aliphatic heterocycles. The zero-order chi connectivity index (χ0) is 28.6. The zero-order valence-corrected chi connectivity index (χ0v) is 23.5. The molecule has 1 aromatic heterocycles. The Morgan fingerprint density at radius 2 is 1.62 bits per heavy atom. The first kappa shape index (κ1) is 27.1. The number of hydrogen-bond donors (Lipinski definition) is 2. The average Bonchev–Trinajstić information content (AvgIpc) is 3.42. The number of thiazole rings is 1. The monoisotopic (exact) mass is 554 g/mol. The van der Waals surface area contributed by atoms with E-state index < -0.39 is 23.5 Å². The highest BCUT2D eigenvalue weighted by Gasteiger charge is 2.44. The summed E-state index contributed by atoms with van der Waals surface area (Å²) in [6.45, 7) is 7.79. The summed E-state index contributed by atoms with van der Waals surface area (Å²) in [5.41, 5.74) is 2.45. The van der Waals surface area contributed by atoms with Crippen molar-refractivity contribution in [1.82, 2.24) is 9.88 Å². The van der Waals surface area contributed by atoms with Gasteiger partial charge in [0, 0.05) is 12.1 Å². The van der Waals surface area contributed by atoms with E-state index in [1.807, 2.05) is 75.4 Å². The smallest absolute Gasteiger partial charge is 0.290 e. The summed E-state index contributed by atoms with van der Waals surface area (Å²) in [4.78, 5) is 33.9. The minimum atomic E-state index is -0.854. The van der Waals surface area contributed by atoms with Gasteiger partial charge in [-0.2, -0.15) is 0 Å². The average molecular weight is 555 g/mol. The number of Topliss-reactive ketones (excluding diaryl/α,β-unsaturated/α-hetero) is 1. The van der Waals surface area contributed by atoms with Crippen molar-refractivity contribution in [2.45, 2.75) is 45.9 Å². The highest BCUT2D eigenvalue weighted by molar-refractivity contribution is 7.17. The number of phenolic OH excluding ortho intramolecular Hbond substituents is 1. The molecule has 1 amide bonds. The van der Waals surface area contributed by atoms with E-state index in [0.29, 0.717) is 26.9 Å². The van der Waals surface area contributed by atoms with Crippen LogP contribution >= 0.6 is 11.3 Å². The second-order valence-corrected chi connectivity index (χ2v) is 11.7. The Hall–Kier alpha value is -4.43. The Bertz CT molecular complexity index is 1580. The van der Waals surface area contributed by atoms with E-state index in [0.717, 1.165) is 11.1 Å². The van der Waals surface area contributed by atoms with Crippen molar-refractivity contribution in [2.75, 3.05) is 0 Å². The van der Waals surface area contributed by atoms with E-state index in [9.17, 15) is 19.8 Å². The summed E-state index contributed by atoms with van der Waals surface area (Å²) in [6.07, 6.45) is 0. The number of aliphatic hydroxyl groups is 1. The molecule has 5 rings (SSSR count). The van der Waals surface area contributed by atoms with Crippen molar-refractivity contribution in [3.8, 4) is 22.1 Å². The number of aliphatic hydroxyl groups excluding tert-OH is 1. The molecule has 7 nitrogen and oxygen atoms in total. The summed E-state index contributed by atoms with van der Waals surface area (Å²) in [7, 11) is 0. The second-order valence-electron chi connectivity index (χ2n) is 10.7. The molecule has 0 spiro atoms. The summed E-state index contributed by atoms with van der Waals surface area (Å²) < 4.78 is 5.91. The van der Waals surface area contributed by atoms with Crippen LogP contribution in [0.25, 0.3) is 10.6 Å². The fourth-order valence-corrected chi connectivity index (χ4v) is 5.72. The van der Waals surface area contributed by atoms with Crippen LogP contribution in [0.2, 0.25) is 0 Å². The maximum absolute atomic E-state index is 14.0. The predicted octanol–water partition coefficient (Wildman–Crippen LogP) is 6.78. The molecule has 2 heterocycles. The molecule has 2 N–H and O–H groups in total. The standard InChI is InChI=1S/C32H30N2O5S/c1-19-29(40-30(33-19)22-8-6-5-7-9-22)27(36)25-26(21-12-14-23(35)15-13-21)34(31(38)28(25)37)18-20-10-16-24(17-11-20)39-32(2,3)4/h5-17,26,35,37H,18H2,1-4H3. The first-order valence-electron chi connectivity index (χ1n) is 12.9. The lowest BCUT2D eigenvalue weighted by Crippen LogP contribution is -2.30. The number of phenols is 1. The lowest BCUT2D eigenvalue weighted by atomic mass is 9.94. The van der Waals surface area contributed by atoms with Crippen LogP contribution in [0.5, 0.6) is 11.5 Å². The van der Waals surface area contributed by atoms with Crippen LogP contribution in [0, 0.1) is 6.92 Å². The minimum Gasteiger partial charge on any atom is -0.508 e. The van der Waals surface area contributed by atoms with Gasteiger partial charge in [-0.3, -0.25) is 9.59 Å². The first-order chi connectivity index (χ1) is 19.0. The third-order valence-electron chi connectivity index (χ3n) is 6.48. The normalized spacial score (nSPS) is 15.6. The van der Waals surface area contributed by atoms with Gasteiger partial charge in [0.2, 0.25) is 5.78 Å². The number of carbonyl (C=O) groups excluding carboxylic acids is 2. The van der Waals surface area contributed by atoms with E-state index in [2.05, 4.69) is 4.98 Å². The van der Waals surface area contributed by atoms with Crippen LogP contribution in [0.3, 0.4) is 0 Å². The van der Waals surface area contributed by atoms with Crippen LogP contribution in [-0.4, -0.2) is 37.4 Å². The van der Waals surface area contributed by atoms with Gasteiger partial charge in [0.25, 0.3) is 5.91 Å². The third-order valence-corrected chi connectivity index (χ3v) is 7.69. The fraction of sp³-hybridized carbons (Fsp3) is 0.219. The van der Waals surface area contributed by atoms with Gasteiger partial charge in [0.1, 0.15) is 22.1 Å². The number of aromatic nitrogens is 1. The second kappa shape index (κ2) is 10.6. The Morgan fingerprint density at radius 3 is 2.25 bits per heavy atom. The number of rotatable bonds is 7. The number of hydrogen-bond acceptors (Lipinski definition) is 7. The maximum atomic E-state index is 14.0. The highest BCUT2D eigenvalue weighted by Crippen LogP contribution is 2.42. The molecular weight excluding hydrogens is 524 g/mol. The molecular formula is C32H30N2O5S. The maximum Gasteiger partial charge on any atom is 0.290 e. The Kier molecular flexibility index (Phi) is 7.21. The number of benzene rings is 3. The summed E-state index contributed by atoms with van der Waals surface area (Å²) in [6, 6.07) is 22.4. The highest BCUT2D eigenvalue weighted by atomic mass is 32.1. The van der Waals surface area contributed by atoms with Gasteiger partial charge in [0.05, 0.1) is 22.2 Å². The van der Waals surface area contributed by atoms with Gasteiger partial charge in [-0.15, -0.1) is 11.3 Å². The van der Waals surface area contributed by atoms with Gasteiger partial charge in [-0.25, -0.2) is 4.98 Å². The molecule has 4 aromatic rings. The molecule has 0 radical (unpaired) electrons. The van der Waals surface area contributed by atoms with Gasteiger partial charge >= 0.3 is 0 Å². The van der Waals surface area contributed by atoms with E-state index in [4.69, 9.17) is 4.74 Å². The Labute approximate surface area is 237 Å². The zero-order valence-electron chi connectivity index (χ0n) is 22.7. The number of aryl methyl sites for hydroxylation is 1. The molecule has 0 fully saturated rings. The van der Waals surface area contributed by atoms with Gasteiger partial charge in [-0.05, 0) is 63.1 Å². The fourth-order valence-electron chi connectivity index (χ4n) is 4.70. The number of nitrogens with zero attached hydrogens (tertiary/aromatic N) is 2. The van der Waals surface area contributed by atoms with E-state index in [1.165, 1.54) is 28.4 Å². The van der Waals surface area contributed by atoms with Crippen molar-refractivity contribution in [3.05, 3.63) is 112 Å². The molecule has 0 aliphatic carbocycles. The molecule has 8 heteroatoms. The summed E-state index contributed by atoms with van der Waals surface area (Å²) >= 11 is 1.23. The topological polar surface area (TPSA) is 100.0 Å². The van der Waals surface area contributed by atoms with Gasteiger partial charge in [-0.1, -0.05) is 54.6 Å². The quantitative estimate of drug-likeness (QED) is 0.244.